The standard InChI is InChI=1S/C32H29BrN2O6/c1-20-13-21(2)22(3)31(14-20)41-29-17-26(16-27(18-29)35(37)38)34-32(36)12-6-23-5-11-30(39-4)24(15-23)19-40-28-9-7-25(33)8-10-28/h5-18H,19H2,1-4H3,(H,34,36)/b12-6+. The zero-order valence-electron chi connectivity index (χ0n) is 23.1. The molecule has 0 saturated carbocycles. The highest BCUT2D eigenvalue weighted by Crippen LogP contribution is 2.33. The molecule has 0 unspecified atom stereocenters. The summed E-state index contributed by atoms with van der Waals surface area (Å²) in [5, 5.41) is 14.3. The number of rotatable bonds is 10. The van der Waals surface area contributed by atoms with E-state index in [-0.39, 0.29) is 23.7 Å². The summed E-state index contributed by atoms with van der Waals surface area (Å²) in [7, 11) is 1.58. The zero-order valence-corrected chi connectivity index (χ0v) is 24.7. The minimum absolute atomic E-state index is 0.200. The van der Waals surface area contributed by atoms with Crippen LogP contribution >= 0.6 is 15.9 Å². The number of anilines is 1. The maximum Gasteiger partial charge on any atom is 0.275 e. The average molecular weight is 617 g/mol. The molecule has 0 aliphatic heterocycles. The van der Waals surface area contributed by atoms with E-state index < -0.39 is 10.8 Å². The van der Waals surface area contributed by atoms with Gasteiger partial charge in [0.25, 0.3) is 5.69 Å². The molecule has 0 aliphatic carbocycles. The number of amides is 1. The maximum absolute atomic E-state index is 12.8. The van der Waals surface area contributed by atoms with Gasteiger partial charge in [0.05, 0.1) is 23.8 Å². The lowest BCUT2D eigenvalue weighted by atomic mass is 10.1. The average Bonchev–Trinajstić information content (AvgIpc) is 2.94. The zero-order chi connectivity index (χ0) is 29.5. The molecule has 0 radical (unpaired) electrons. The third-order valence-electron chi connectivity index (χ3n) is 6.30. The van der Waals surface area contributed by atoms with Crippen molar-refractivity contribution in [1.82, 2.24) is 0 Å². The highest BCUT2D eigenvalue weighted by Gasteiger charge is 2.14. The van der Waals surface area contributed by atoms with Crippen LogP contribution in [0.1, 0.15) is 27.8 Å². The van der Waals surface area contributed by atoms with Crippen molar-refractivity contribution in [1.29, 1.82) is 0 Å². The SMILES string of the molecule is COc1ccc(/C=C/C(=O)Nc2cc(Oc3cc(C)cc(C)c3C)cc([N+](=O)[O-])c2)cc1COc1ccc(Br)cc1. The number of methoxy groups -OCH3 is 1. The number of carbonyl (C=O) groups is 1. The fourth-order valence-corrected chi connectivity index (χ4v) is 4.38. The van der Waals surface area contributed by atoms with E-state index >= 15 is 0 Å². The van der Waals surface area contributed by atoms with Gasteiger partial charge in [0.15, 0.2) is 0 Å². The number of nitrogens with zero attached hydrogens (tertiary/aromatic N) is 1. The Morgan fingerprint density at radius 1 is 0.951 bits per heavy atom. The number of hydrogen-bond donors (Lipinski definition) is 1. The van der Waals surface area contributed by atoms with Gasteiger partial charge in [0.2, 0.25) is 5.91 Å². The summed E-state index contributed by atoms with van der Waals surface area (Å²) in [5.74, 6) is 1.76. The molecule has 0 aromatic heterocycles. The predicted molar refractivity (Wildman–Crippen MR) is 163 cm³/mol. The summed E-state index contributed by atoms with van der Waals surface area (Å²) >= 11 is 3.41. The minimum atomic E-state index is -0.526. The van der Waals surface area contributed by atoms with E-state index in [2.05, 4.69) is 21.2 Å². The molecule has 0 bridgehead atoms. The number of nitro groups is 1. The summed E-state index contributed by atoms with van der Waals surface area (Å²) < 4.78 is 18.3. The van der Waals surface area contributed by atoms with Crippen LogP contribution in [0.25, 0.3) is 6.08 Å². The van der Waals surface area contributed by atoms with E-state index in [9.17, 15) is 14.9 Å². The van der Waals surface area contributed by atoms with Crippen LogP contribution in [-0.4, -0.2) is 17.9 Å². The molecule has 210 valence electrons. The Morgan fingerprint density at radius 2 is 1.71 bits per heavy atom. The summed E-state index contributed by atoms with van der Waals surface area (Å²) in [6, 6.07) is 21.1. The molecule has 1 amide bonds. The van der Waals surface area contributed by atoms with Crippen molar-refractivity contribution in [2.24, 2.45) is 0 Å². The van der Waals surface area contributed by atoms with Crippen molar-refractivity contribution in [3.05, 3.63) is 121 Å². The monoisotopic (exact) mass is 616 g/mol. The maximum atomic E-state index is 12.8. The van der Waals surface area contributed by atoms with E-state index in [1.807, 2.05) is 69.3 Å². The number of nitrogens with one attached hydrogen (secondary N) is 1. The van der Waals surface area contributed by atoms with Crippen LogP contribution in [0, 0.1) is 30.9 Å². The first-order chi connectivity index (χ1) is 19.6. The molecule has 1 N–H and O–H groups in total. The molecule has 0 heterocycles. The van der Waals surface area contributed by atoms with Crippen LogP contribution in [0.15, 0.2) is 83.3 Å². The molecule has 0 atom stereocenters. The van der Waals surface area contributed by atoms with Crippen LogP contribution in [-0.2, 0) is 11.4 Å². The second kappa shape index (κ2) is 13.1. The predicted octanol–water partition coefficient (Wildman–Crippen LogP) is 8.31. The molecule has 4 rings (SSSR count). The lowest BCUT2D eigenvalue weighted by molar-refractivity contribution is -0.384. The lowest BCUT2D eigenvalue weighted by Gasteiger charge is -2.13. The van der Waals surface area contributed by atoms with Crippen LogP contribution in [0.2, 0.25) is 0 Å². The fourth-order valence-electron chi connectivity index (χ4n) is 4.12. The Bertz CT molecular complexity index is 1620. The van der Waals surface area contributed by atoms with Gasteiger partial charge in [0, 0.05) is 28.2 Å². The van der Waals surface area contributed by atoms with Crippen molar-refractivity contribution < 1.29 is 23.9 Å². The van der Waals surface area contributed by atoms with Gasteiger partial charge in [-0.25, -0.2) is 0 Å². The molecule has 41 heavy (non-hydrogen) atoms. The van der Waals surface area contributed by atoms with Gasteiger partial charge in [-0.2, -0.15) is 0 Å². The Morgan fingerprint density at radius 3 is 2.41 bits per heavy atom. The second-order valence-electron chi connectivity index (χ2n) is 9.42. The molecular formula is C32H29BrN2O6. The molecule has 9 heteroatoms. The van der Waals surface area contributed by atoms with Gasteiger partial charge < -0.3 is 19.5 Å². The molecular weight excluding hydrogens is 588 g/mol. The quantitative estimate of drug-likeness (QED) is 0.109. The highest BCUT2D eigenvalue weighted by molar-refractivity contribution is 9.10. The number of nitro benzene ring substituents is 1. The van der Waals surface area contributed by atoms with E-state index in [1.165, 1.54) is 18.2 Å². The van der Waals surface area contributed by atoms with Crippen molar-refractivity contribution in [3.63, 3.8) is 0 Å². The van der Waals surface area contributed by atoms with E-state index in [0.29, 0.717) is 17.2 Å². The van der Waals surface area contributed by atoms with Gasteiger partial charge in [-0.15, -0.1) is 0 Å². The summed E-state index contributed by atoms with van der Waals surface area (Å²) in [6.07, 6.45) is 3.00. The lowest BCUT2D eigenvalue weighted by Crippen LogP contribution is -2.08. The first-order valence-corrected chi connectivity index (χ1v) is 13.5. The van der Waals surface area contributed by atoms with Gasteiger partial charge in [-0.05, 0) is 91.6 Å². The smallest absolute Gasteiger partial charge is 0.275 e. The number of hydrogen-bond acceptors (Lipinski definition) is 6. The Kier molecular flexibility index (Phi) is 9.41. The first-order valence-electron chi connectivity index (χ1n) is 12.7. The molecule has 4 aromatic carbocycles. The van der Waals surface area contributed by atoms with Gasteiger partial charge >= 0.3 is 0 Å². The number of carbonyl (C=O) groups excluding carboxylic acids is 1. The Labute approximate surface area is 246 Å². The van der Waals surface area contributed by atoms with Gasteiger partial charge in [0.1, 0.15) is 29.6 Å². The summed E-state index contributed by atoms with van der Waals surface area (Å²) in [6.45, 7) is 6.12. The van der Waals surface area contributed by atoms with Gasteiger partial charge in [-0.1, -0.05) is 28.1 Å². The Balaban J connectivity index is 1.49. The van der Waals surface area contributed by atoms with Crippen molar-refractivity contribution in [2.75, 3.05) is 12.4 Å². The van der Waals surface area contributed by atoms with Crippen molar-refractivity contribution in [2.45, 2.75) is 27.4 Å². The van der Waals surface area contributed by atoms with Crippen molar-refractivity contribution in [3.8, 4) is 23.0 Å². The molecule has 0 fully saturated rings. The second-order valence-corrected chi connectivity index (χ2v) is 10.3. The van der Waals surface area contributed by atoms with Crippen molar-refractivity contribution >= 4 is 39.3 Å². The topological polar surface area (TPSA) is 99.9 Å². The molecule has 0 aliphatic rings. The fraction of sp³-hybridized carbons (Fsp3) is 0.156. The summed E-state index contributed by atoms with van der Waals surface area (Å²) in [4.78, 5) is 23.8. The number of benzene rings is 4. The molecule has 0 spiro atoms. The number of non-ortho nitro benzene ring substituents is 1. The van der Waals surface area contributed by atoms with E-state index in [4.69, 9.17) is 14.2 Å². The van der Waals surface area contributed by atoms with E-state index in [0.717, 1.165) is 32.3 Å². The molecule has 4 aromatic rings. The van der Waals surface area contributed by atoms with Gasteiger partial charge in [-0.3, -0.25) is 14.9 Å². The Hall–Kier alpha value is -4.63. The largest absolute Gasteiger partial charge is 0.496 e. The van der Waals surface area contributed by atoms with Crippen LogP contribution < -0.4 is 19.5 Å². The number of aryl methyl sites for hydroxylation is 2. The summed E-state index contributed by atoms with van der Waals surface area (Å²) in [5.41, 5.74) is 4.58. The third-order valence-corrected chi connectivity index (χ3v) is 6.83. The van der Waals surface area contributed by atoms with E-state index in [1.54, 1.807) is 25.3 Å². The number of ether oxygens (including phenoxy) is 3. The third kappa shape index (κ3) is 7.95. The normalized spacial score (nSPS) is 10.9. The van der Waals surface area contributed by atoms with Crippen LogP contribution in [0.3, 0.4) is 0 Å². The molecule has 0 saturated heterocycles. The highest BCUT2D eigenvalue weighted by atomic mass is 79.9. The number of halogens is 1. The van der Waals surface area contributed by atoms with Crippen LogP contribution in [0.5, 0.6) is 23.0 Å². The van der Waals surface area contributed by atoms with Crippen LogP contribution in [0.4, 0.5) is 11.4 Å². The minimum Gasteiger partial charge on any atom is -0.496 e. The first kappa shape index (κ1) is 29.4. The molecule has 8 nitrogen and oxygen atoms in total.